The van der Waals surface area contributed by atoms with Gasteiger partial charge in [-0.05, 0) is 17.7 Å². The summed E-state index contributed by atoms with van der Waals surface area (Å²) in [4.78, 5) is 22.6. The smallest absolute Gasteiger partial charge is 0.247 e. The predicted octanol–water partition coefficient (Wildman–Crippen LogP) is -0.881. The zero-order chi connectivity index (χ0) is 13.7. The van der Waals surface area contributed by atoms with Crippen molar-refractivity contribution in [1.29, 1.82) is 0 Å². The molecule has 0 bridgehead atoms. The van der Waals surface area contributed by atoms with Gasteiger partial charge in [0.25, 0.3) is 0 Å². The fourth-order valence-corrected chi connectivity index (χ4v) is 1.42. The zero-order valence-corrected chi connectivity index (χ0v) is 10.4. The van der Waals surface area contributed by atoms with E-state index < -0.39 is 23.2 Å². The van der Waals surface area contributed by atoms with Crippen molar-refractivity contribution in [2.45, 2.75) is 17.8 Å². The molecule has 0 saturated carbocycles. The van der Waals surface area contributed by atoms with Crippen LogP contribution in [-0.4, -0.2) is 28.3 Å². The molecule has 0 unspecified atom stereocenters. The van der Waals surface area contributed by atoms with Gasteiger partial charge < -0.3 is 21.9 Å². The molecule has 18 heavy (non-hydrogen) atoms. The summed E-state index contributed by atoms with van der Waals surface area (Å²) in [5.41, 5.74) is 11.2. The first-order valence-corrected chi connectivity index (χ1v) is 5.73. The van der Waals surface area contributed by atoms with E-state index in [0.717, 1.165) is 5.56 Å². The molecule has 0 saturated heterocycles. The van der Waals surface area contributed by atoms with Crippen LogP contribution in [0.5, 0.6) is 5.75 Å². The third kappa shape index (κ3) is 4.27. The zero-order valence-electron chi connectivity index (χ0n) is 9.54. The fraction of sp³-hybridized carbons (Fsp3) is 0.273. The van der Waals surface area contributed by atoms with Gasteiger partial charge in [-0.1, -0.05) is 12.1 Å². The van der Waals surface area contributed by atoms with E-state index in [0.29, 0.717) is 0 Å². The Bertz CT molecular complexity index is 434. The third-order valence-electron chi connectivity index (χ3n) is 2.30. The number of primary amides is 1. The van der Waals surface area contributed by atoms with Gasteiger partial charge in [0.15, 0.2) is 0 Å². The van der Waals surface area contributed by atoms with Crippen molar-refractivity contribution in [2.75, 3.05) is 0 Å². The number of hydrogen-bond donors (Lipinski definition) is 5. The van der Waals surface area contributed by atoms with E-state index in [1.165, 1.54) is 12.1 Å². The number of carbonyl (C=O) groups excluding carboxylic acids is 2. The van der Waals surface area contributed by atoms with Gasteiger partial charge in [-0.3, -0.25) is 9.59 Å². The molecule has 0 radical (unpaired) electrons. The highest BCUT2D eigenvalue weighted by Gasteiger charge is 2.20. The largest absolute Gasteiger partial charge is 0.508 e. The topological polar surface area (TPSA) is 118 Å². The number of nitrogens with two attached hydrogens (primary N) is 2. The molecule has 98 valence electrons. The van der Waals surface area contributed by atoms with Gasteiger partial charge in [0.2, 0.25) is 11.8 Å². The van der Waals surface area contributed by atoms with Crippen molar-refractivity contribution in [1.82, 2.24) is 5.32 Å². The van der Waals surface area contributed by atoms with E-state index in [1.807, 2.05) is 0 Å². The minimum Gasteiger partial charge on any atom is -0.508 e. The molecule has 0 aromatic heterocycles. The van der Waals surface area contributed by atoms with E-state index >= 15 is 0 Å². The summed E-state index contributed by atoms with van der Waals surface area (Å²) < 4.78 is 0. The summed E-state index contributed by atoms with van der Waals surface area (Å²) >= 11 is 3.76. The fourth-order valence-electron chi connectivity index (χ4n) is 1.35. The van der Waals surface area contributed by atoms with Crippen molar-refractivity contribution >= 4 is 24.4 Å². The van der Waals surface area contributed by atoms with Gasteiger partial charge in [-0.15, -0.1) is 0 Å². The number of carbonyl (C=O) groups is 2. The number of thiol groups is 1. The lowest BCUT2D eigenvalue weighted by atomic mass is 10.1. The lowest BCUT2D eigenvalue weighted by Gasteiger charge is -2.16. The average Bonchev–Trinajstić information content (AvgIpc) is 2.30. The molecule has 0 fully saturated rings. The molecule has 0 aliphatic rings. The molecule has 1 aromatic carbocycles. The lowest BCUT2D eigenvalue weighted by molar-refractivity contribution is -0.126. The van der Waals surface area contributed by atoms with Gasteiger partial charge in [0.05, 0.1) is 0 Å². The highest BCUT2D eigenvalue weighted by molar-refractivity contribution is 7.81. The maximum atomic E-state index is 11.3. The first kappa shape index (κ1) is 14.3. The van der Waals surface area contributed by atoms with Gasteiger partial charge in [-0.25, -0.2) is 0 Å². The van der Waals surface area contributed by atoms with Crippen LogP contribution in [0.4, 0.5) is 0 Å². The van der Waals surface area contributed by atoms with Gasteiger partial charge in [0, 0.05) is 6.42 Å². The van der Waals surface area contributed by atoms with Gasteiger partial charge in [0.1, 0.15) is 17.2 Å². The Morgan fingerprint density at radius 3 is 2.33 bits per heavy atom. The molecule has 6 N–H and O–H groups in total. The Labute approximate surface area is 110 Å². The molecule has 0 heterocycles. The first-order chi connectivity index (χ1) is 8.40. The summed E-state index contributed by atoms with van der Waals surface area (Å²) in [6, 6.07) is 5.38. The second kappa shape index (κ2) is 6.27. The highest BCUT2D eigenvalue weighted by Crippen LogP contribution is 2.11. The van der Waals surface area contributed by atoms with Crippen molar-refractivity contribution < 1.29 is 14.7 Å². The summed E-state index contributed by atoms with van der Waals surface area (Å²) in [5, 5.41) is 10.5. The van der Waals surface area contributed by atoms with Crippen LogP contribution in [0, 0.1) is 0 Å². The predicted molar refractivity (Wildman–Crippen MR) is 69.9 cm³/mol. The molecule has 1 aromatic rings. The number of rotatable bonds is 5. The second-order valence-corrected chi connectivity index (χ2v) is 4.34. The second-order valence-electron chi connectivity index (χ2n) is 3.78. The minimum absolute atomic E-state index is 0.121. The number of hydrogen-bond acceptors (Lipinski definition) is 5. The van der Waals surface area contributed by atoms with Gasteiger partial charge in [-0.2, -0.15) is 12.6 Å². The summed E-state index contributed by atoms with van der Waals surface area (Å²) in [6.45, 7) is 0. The number of phenols is 1. The van der Waals surface area contributed by atoms with Crippen molar-refractivity contribution in [2.24, 2.45) is 11.5 Å². The lowest BCUT2D eigenvalue weighted by Crippen LogP contribution is -2.49. The SMILES string of the molecule is NC(=O)[C@H](Cc1ccc(O)cc1)NC(=O)[C@@H](N)S. The van der Waals surface area contributed by atoms with Crippen LogP contribution in [0.25, 0.3) is 0 Å². The number of aromatic hydroxyl groups is 1. The minimum atomic E-state index is -1.01. The standard InChI is InChI=1S/C11H15N3O3S/c12-9(16)8(14-11(17)10(13)18)5-6-1-3-7(15)4-2-6/h1-4,8,10,15,18H,5,13H2,(H2,12,16)(H,14,17)/t8-,10-/m0/s1. The Kier molecular flexibility index (Phi) is 4.99. The number of nitrogens with one attached hydrogen (secondary N) is 1. The molecule has 6 nitrogen and oxygen atoms in total. The number of phenolic OH excluding ortho intramolecular Hbond substituents is 1. The van der Waals surface area contributed by atoms with Crippen LogP contribution in [-0.2, 0) is 16.0 Å². The molecule has 7 heteroatoms. The molecule has 0 aliphatic carbocycles. The quantitative estimate of drug-likeness (QED) is 0.352. The normalized spacial score (nSPS) is 13.7. The summed E-state index contributed by atoms with van der Waals surface area (Å²) in [7, 11) is 0. The Hall–Kier alpha value is -1.73. The van der Waals surface area contributed by atoms with Crippen LogP contribution in [0.2, 0.25) is 0 Å². The molecule has 0 spiro atoms. The molecule has 2 atom stereocenters. The van der Waals surface area contributed by atoms with E-state index in [-0.39, 0.29) is 12.2 Å². The monoisotopic (exact) mass is 269 g/mol. The van der Waals surface area contributed by atoms with Crippen molar-refractivity contribution in [3.8, 4) is 5.75 Å². The van der Waals surface area contributed by atoms with Crippen LogP contribution < -0.4 is 16.8 Å². The molecular weight excluding hydrogens is 254 g/mol. The van der Waals surface area contributed by atoms with E-state index in [9.17, 15) is 9.59 Å². The summed E-state index contributed by atoms with van der Waals surface area (Å²) in [6.07, 6.45) is 0.224. The Morgan fingerprint density at radius 1 is 1.33 bits per heavy atom. The molecule has 0 aliphatic heterocycles. The van der Waals surface area contributed by atoms with E-state index in [4.69, 9.17) is 16.6 Å². The Morgan fingerprint density at radius 2 is 1.89 bits per heavy atom. The highest BCUT2D eigenvalue weighted by atomic mass is 32.1. The van der Waals surface area contributed by atoms with Crippen LogP contribution in [0.3, 0.4) is 0 Å². The van der Waals surface area contributed by atoms with Crippen LogP contribution >= 0.6 is 12.6 Å². The maximum Gasteiger partial charge on any atom is 0.247 e. The Balaban J connectivity index is 2.72. The van der Waals surface area contributed by atoms with Crippen LogP contribution in [0.15, 0.2) is 24.3 Å². The summed E-state index contributed by atoms with van der Waals surface area (Å²) in [5.74, 6) is -1.11. The molecule has 2 amide bonds. The van der Waals surface area contributed by atoms with E-state index in [1.54, 1.807) is 12.1 Å². The van der Waals surface area contributed by atoms with Crippen LogP contribution in [0.1, 0.15) is 5.56 Å². The average molecular weight is 269 g/mol. The van der Waals surface area contributed by atoms with Gasteiger partial charge >= 0.3 is 0 Å². The van der Waals surface area contributed by atoms with Crippen molar-refractivity contribution in [3.05, 3.63) is 29.8 Å². The maximum absolute atomic E-state index is 11.3. The third-order valence-corrected chi connectivity index (χ3v) is 2.54. The molecule has 1 rings (SSSR count). The number of amides is 2. The number of benzene rings is 1. The first-order valence-electron chi connectivity index (χ1n) is 5.21. The van der Waals surface area contributed by atoms with Crippen molar-refractivity contribution in [3.63, 3.8) is 0 Å². The molecular formula is C11H15N3O3S. The van der Waals surface area contributed by atoms with E-state index in [2.05, 4.69) is 17.9 Å².